The van der Waals surface area contributed by atoms with Gasteiger partial charge in [0, 0.05) is 0 Å². The highest BCUT2D eigenvalue weighted by Crippen LogP contribution is 1.25. The van der Waals surface area contributed by atoms with E-state index in [0.717, 1.165) is 0 Å². The Morgan fingerprint density at radius 1 is 1.00 bits per heavy atom. The van der Waals surface area contributed by atoms with Crippen LogP contribution in [0.25, 0.3) is 0 Å². The van der Waals surface area contributed by atoms with Gasteiger partial charge in [0.05, 0.1) is 0 Å². The highest BCUT2D eigenvalue weighted by Gasteiger charge is 1.18. The van der Waals surface area contributed by atoms with E-state index in [4.69, 9.17) is 20.2 Å². The Morgan fingerprint density at radius 2 is 1.00 bits per heavy atom. The van der Waals surface area contributed by atoms with E-state index in [1.54, 1.807) is 0 Å². The summed E-state index contributed by atoms with van der Waals surface area (Å²) in [6.45, 7) is 0. The molecule has 0 aromatic carbocycles. The summed E-state index contributed by atoms with van der Waals surface area (Å²) in [5.74, 6) is 0. The number of hydrogen-bond donors (Lipinski definition) is 2. The monoisotopic (exact) mass is 130 g/mol. The van der Waals surface area contributed by atoms with Crippen LogP contribution in [0.4, 0.5) is 0 Å². The van der Waals surface area contributed by atoms with Gasteiger partial charge < -0.3 is 10.4 Å². The molecule has 0 saturated carbocycles. The number of halogens is 1. The van der Waals surface area contributed by atoms with Crippen LogP contribution in [0.3, 0.4) is 0 Å². The van der Waals surface area contributed by atoms with Crippen molar-refractivity contribution in [2.75, 3.05) is 0 Å². The Labute approximate surface area is 44.4 Å². The van der Waals surface area contributed by atoms with Gasteiger partial charge in [-0.2, -0.15) is 0 Å². The zero-order valence-corrected chi connectivity index (χ0v) is 3.83. The third-order valence-corrected chi connectivity index (χ3v) is 0. The van der Waals surface area contributed by atoms with Crippen molar-refractivity contribution in [1.29, 1.82) is 0 Å². The Morgan fingerprint density at radius 3 is 1.00 bits per heavy atom. The largest absolute Gasteiger partial charge is 0.379 e. The zero-order chi connectivity index (χ0) is 5.41. The lowest BCUT2D eigenvalue weighted by Gasteiger charge is -1.32. The fourth-order valence-electron chi connectivity index (χ4n) is 0. The Kier molecular flexibility index (Phi) is 169. The van der Waals surface area contributed by atoms with Gasteiger partial charge in [-0.05, 0) is 0 Å². The van der Waals surface area contributed by atoms with E-state index in [0.29, 0.717) is 0 Å². The second-order valence-corrected chi connectivity index (χ2v) is 0.163. The minimum Gasteiger partial charge on any atom is -0.379 e. The first kappa shape index (κ1) is 16.5. The first-order chi connectivity index (χ1) is 2.83. The van der Waals surface area contributed by atoms with Gasteiger partial charge in [-0.15, -0.1) is 22.2 Å². The first-order valence-corrected chi connectivity index (χ1v) is 0.765. The summed E-state index contributed by atoms with van der Waals surface area (Å²) in [6.07, 6.45) is 0. The predicted octanol–water partition coefficient (Wildman–Crippen LogP) is 0.706. The van der Waals surface area contributed by atoms with Gasteiger partial charge in [0.15, 0.2) is 10.7 Å². The molecule has 2 N–H and O–H groups in total. The molecule has 0 unspecified atom stereocenters. The van der Waals surface area contributed by atoms with Crippen LogP contribution < -0.4 is 0 Å². The molecule has 0 saturated heterocycles. The van der Waals surface area contributed by atoms with E-state index in [9.17, 15) is 0 Å². The molecular weight excluding hydrogens is 127 g/mol. The van der Waals surface area contributed by atoms with Crippen LogP contribution in [-0.4, -0.2) is 10.4 Å². The van der Waals surface area contributed by atoms with Gasteiger partial charge in [-0.3, -0.25) is 0 Å². The van der Waals surface area contributed by atoms with Crippen LogP contribution in [0, 0.1) is 9.81 Å². The highest BCUT2D eigenvalue weighted by atomic mass is 35.5. The van der Waals surface area contributed by atoms with E-state index in [2.05, 4.69) is 0 Å². The third-order valence-electron chi connectivity index (χ3n) is 0. The van der Waals surface area contributed by atoms with E-state index < -0.39 is 0 Å². The average Bonchev–Trinajstić information content (AvgIpc) is 1.39. The molecule has 6 nitrogen and oxygen atoms in total. The summed E-state index contributed by atoms with van der Waals surface area (Å²) in [4.78, 5) is 16.2. The van der Waals surface area contributed by atoms with Crippen LogP contribution in [0.15, 0.2) is 10.7 Å². The van der Waals surface area contributed by atoms with Crippen LogP contribution in [0.5, 0.6) is 0 Å². The van der Waals surface area contributed by atoms with E-state index >= 15 is 0 Å². The van der Waals surface area contributed by atoms with Crippen molar-refractivity contribution in [3.8, 4) is 0 Å². The average molecular weight is 130 g/mol. The maximum atomic E-state index is 8.11. The Hall–Kier alpha value is -0.910. The quantitative estimate of drug-likeness (QED) is 0.372. The molecule has 0 aromatic heterocycles. The van der Waals surface area contributed by atoms with E-state index in [-0.39, 0.29) is 12.4 Å². The number of nitrogens with zero attached hydrogens (tertiary/aromatic N) is 2. The lowest BCUT2D eigenvalue weighted by atomic mass is 13.4. The summed E-state index contributed by atoms with van der Waals surface area (Å²) in [5.41, 5.74) is 0. The van der Waals surface area contributed by atoms with Crippen molar-refractivity contribution in [3.05, 3.63) is 9.81 Å². The molecule has 0 aliphatic carbocycles. The lowest BCUT2D eigenvalue weighted by molar-refractivity contribution is 0.312. The molecule has 0 aliphatic rings. The molecule has 0 rings (SSSR count). The summed E-state index contributed by atoms with van der Waals surface area (Å²) in [5, 5.41) is 15.8. The molecule has 0 amide bonds. The van der Waals surface area contributed by atoms with Crippen LogP contribution in [0.2, 0.25) is 0 Å². The van der Waals surface area contributed by atoms with Gasteiger partial charge in [-0.1, -0.05) is 0 Å². The Bertz CT molecular complexity index is 30.7. The summed E-state index contributed by atoms with van der Waals surface area (Å²) in [6, 6.07) is 0. The summed E-state index contributed by atoms with van der Waals surface area (Å²) < 4.78 is 0. The number of rotatable bonds is 0. The first-order valence-electron chi connectivity index (χ1n) is 0.765. The zero-order valence-electron chi connectivity index (χ0n) is 3.01. The van der Waals surface area contributed by atoms with Gasteiger partial charge in [0.1, 0.15) is 0 Å². The van der Waals surface area contributed by atoms with E-state index in [1.807, 2.05) is 0 Å². The second-order valence-electron chi connectivity index (χ2n) is 0.163. The standard InChI is InChI=1S/ClH.2HNO2/c;2*2-1-3/h1H;2*(H,2,3). The van der Waals surface area contributed by atoms with Crippen molar-refractivity contribution in [2.24, 2.45) is 10.7 Å². The fraction of sp³-hybridized carbons (Fsp3) is 0. The predicted molar refractivity (Wildman–Crippen MR) is 22.4 cm³/mol. The lowest BCUT2D eigenvalue weighted by Crippen LogP contribution is -1.25. The van der Waals surface area contributed by atoms with Crippen LogP contribution in [0.1, 0.15) is 0 Å². The van der Waals surface area contributed by atoms with Crippen molar-refractivity contribution < 1.29 is 10.4 Å². The molecule has 7 heavy (non-hydrogen) atoms. The molecule has 0 aliphatic heterocycles. The molecule has 44 valence electrons. The summed E-state index contributed by atoms with van der Waals surface area (Å²) in [7, 11) is 0. The van der Waals surface area contributed by atoms with Crippen LogP contribution >= 0.6 is 12.4 Å². The van der Waals surface area contributed by atoms with Gasteiger partial charge in [0.2, 0.25) is 0 Å². The van der Waals surface area contributed by atoms with Gasteiger partial charge >= 0.3 is 0 Å². The van der Waals surface area contributed by atoms with Crippen molar-refractivity contribution in [1.82, 2.24) is 0 Å². The molecular formula is H3ClN2O4. The topological polar surface area (TPSA) is 99.3 Å². The Balaban J connectivity index is -0.0000000400. The van der Waals surface area contributed by atoms with E-state index in [1.165, 1.54) is 10.7 Å². The van der Waals surface area contributed by atoms with Crippen molar-refractivity contribution in [3.63, 3.8) is 0 Å². The molecule has 0 bridgehead atoms. The molecule has 0 atom stereocenters. The molecule has 0 aromatic rings. The minimum absolute atomic E-state index is 0. The highest BCUT2D eigenvalue weighted by molar-refractivity contribution is 5.85. The molecule has 0 radical (unpaired) electrons. The maximum Gasteiger partial charge on any atom is 0.152 e. The number of hydrogen-bond acceptors (Lipinski definition) is 4. The third kappa shape index (κ3) is 58.7. The van der Waals surface area contributed by atoms with Gasteiger partial charge in [-0.25, -0.2) is 0 Å². The van der Waals surface area contributed by atoms with Gasteiger partial charge in [0.25, 0.3) is 0 Å². The minimum atomic E-state index is 0. The molecule has 0 heterocycles. The molecule has 0 spiro atoms. The van der Waals surface area contributed by atoms with Crippen LogP contribution in [-0.2, 0) is 0 Å². The smallest absolute Gasteiger partial charge is 0.152 e. The SMILES string of the molecule is Cl.O=NO.O=NO. The molecule has 0 fully saturated rings. The maximum absolute atomic E-state index is 8.11. The van der Waals surface area contributed by atoms with Crippen molar-refractivity contribution >= 4 is 12.4 Å². The fourth-order valence-corrected chi connectivity index (χ4v) is 0. The van der Waals surface area contributed by atoms with Crippen molar-refractivity contribution in [2.45, 2.75) is 0 Å². The normalized spacial score (nSPS) is 3.43. The summed E-state index contributed by atoms with van der Waals surface area (Å²) >= 11 is 0. The molecule has 7 heteroatoms. The second kappa shape index (κ2) is 71.7.